The van der Waals surface area contributed by atoms with E-state index in [1.54, 1.807) is 36.2 Å². The van der Waals surface area contributed by atoms with Crippen LogP contribution in [0.25, 0.3) is 11.7 Å². The number of fused-ring (bicyclic) bond motifs is 1. The maximum atomic E-state index is 12.2. The van der Waals surface area contributed by atoms with Gasteiger partial charge in [-0.15, -0.1) is 10.2 Å². The summed E-state index contributed by atoms with van der Waals surface area (Å²) in [5.74, 6) is 2.09. The summed E-state index contributed by atoms with van der Waals surface area (Å²) in [6, 6.07) is 9.09. The van der Waals surface area contributed by atoms with Crippen LogP contribution in [0.5, 0.6) is 0 Å². The summed E-state index contributed by atoms with van der Waals surface area (Å²) in [6.45, 7) is 0. The molecule has 3 aromatic heterocycles. The van der Waals surface area contributed by atoms with Gasteiger partial charge in [0.15, 0.2) is 11.5 Å². The number of hydrogen-bond acceptors (Lipinski definition) is 5. The van der Waals surface area contributed by atoms with E-state index >= 15 is 0 Å². The first-order valence-electron chi connectivity index (χ1n) is 7.58. The zero-order chi connectivity index (χ0) is 16.8. The Balaban J connectivity index is 1.77. The normalized spacial score (nSPS) is 12.7. The Morgan fingerprint density at radius 2 is 2.29 bits per heavy atom. The Labute approximate surface area is 144 Å². The third kappa shape index (κ3) is 3.86. The SMILES string of the molecule is CSCCC(NC(=O)/C=C\c1ccco1)c1nnc2ccccn12. The van der Waals surface area contributed by atoms with Gasteiger partial charge in [0.25, 0.3) is 0 Å². The van der Waals surface area contributed by atoms with Crippen LogP contribution in [-0.2, 0) is 4.79 Å². The maximum Gasteiger partial charge on any atom is 0.244 e. The molecule has 0 radical (unpaired) electrons. The van der Waals surface area contributed by atoms with Crippen molar-refractivity contribution < 1.29 is 9.21 Å². The number of nitrogens with zero attached hydrogens (tertiary/aromatic N) is 3. The zero-order valence-corrected chi connectivity index (χ0v) is 14.1. The van der Waals surface area contributed by atoms with E-state index in [9.17, 15) is 4.79 Å². The number of amides is 1. The molecule has 3 heterocycles. The summed E-state index contributed by atoms with van der Waals surface area (Å²) >= 11 is 1.73. The first-order chi connectivity index (χ1) is 11.8. The summed E-state index contributed by atoms with van der Waals surface area (Å²) < 4.78 is 7.09. The minimum atomic E-state index is -0.205. The van der Waals surface area contributed by atoms with E-state index in [1.807, 2.05) is 35.1 Å². The number of pyridine rings is 1. The quantitative estimate of drug-likeness (QED) is 0.668. The van der Waals surface area contributed by atoms with E-state index in [-0.39, 0.29) is 11.9 Å². The summed E-state index contributed by atoms with van der Waals surface area (Å²) in [6.07, 6.45) is 9.40. The first kappa shape index (κ1) is 16.3. The van der Waals surface area contributed by atoms with Gasteiger partial charge < -0.3 is 9.73 Å². The number of thioether (sulfide) groups is 1. The Hall–Kier alpha value is -2.54. The number of carbonyl (C=O) groups excluding carboxylic acids is 1. The topological polar surface area (TPSA) is 72.4 Å². The molecule has 6 nitrogen and oxygen atoms in total. The molecule has 3 aromatic rings. The van der Waals surface area contributed by atoms with Crippen LogP contribution in [0, 0.1) is 0 Å². The highest BCUT2D eigenvalue weighted by molar-refractivity contribution is 7.98. The van der Waals surface area contributed by atoms with Crippen molar-refractivity contribution in [2.45, 2.75) is 12.5 Å². The molecule has 24 heavy (non-hydrogen) atoms. The molecular formula is C17H18N4O2S. The Morgan fingerprint density at radius 1 is 1.38 bits per heavy atom. The van der Waals surface area contributed by atoms with Crippen molar-refractivity contribution in [2.24, 2.45) is 0 Å². The molecule has 1 amide bonds. The molecule has 0 aromatic carbocycles. The predicted molar refractivity (Wildman–Crippen MR) is 94.6 cm³/mol. The van der Waals surface area contributed by atoms with Gasteiger partial charge in [-0.2, -0.15) is 11.8 Å². The summed E-state index contributed by atoms with van der Waals surface area (Å²) in [7, 11) is 0. The third-order valence-electron chi connectivity index (χ3n) is 3.52. The van der Waals surface area contributed by atoms with Gasteiger partial charge >= 0.3 is 0 Å². The van der Waals surface area contributed by atoms with Crippen LogP contribution in [0.3, 0.4) is 0 Å². The van der Waals surface area contributed by atoms with Gasteiger partial charge in [0.1, 0.15) is 5.76 Å². The molecule has 7 heteroatoms. The van der Waals surface area contributed by atoms with Gasteiger partial charge in [-0.25, -0.2) is 0 Å². The lowest BCUT2D eigenvalue weighted by Gasteiger charge is -2.15. The van der Waals surface area contributed by atoms with Crippen molar-refractivity contribution in [3.8, 4) is 0 Å². The molecule has 3 rings (SSSR count). The number of carbonyl (C=O) groups is 1. The van der Waals surface area contributed by atoms with Crippen molar-refractivity contribution in [2.75, 3.05) is 12.0 Å². The van der Waals surface area contributed by atoms with E-state index in [4.69, 9.17) is 4.42 Å². The Bertz CT molecular complexity index is 826. The molecule has 0 saturated heterocycles. The average molecular weight is 342 g/mol. The van der Waals surface area contributed by atoms with E-state index in [2.05, 4.69) is 15.5 Å². The van der Waals surface area contributed by atoms with Crippen LogP contribution < -0.4 is 5.32 Å². The molecular weight excluding hydrogens is 324 g/mol. The Kier molecular flexibility index (Phi) is 5.32. The van der Waals surface area contributed by atoms with Crippen LogP contribution in [-0.4, -0.2) is 32.5 Å². The highest BCUT2D eigenvalue weighted by Crippen LogP contribution is 2.18. The van der Waals surface area contributed by atoms with Crippen LogP contribution in [0.2, 0.25) is 0 Å². The number of hydrogen-bond donors (Lipinski definition) is 1. The van der Waals surface area contributed by atoms with Crippen LogP contribution in [0.4, 0.5) is 0 Å². The maximum absolute atomic E-state index is 12.2. The fourth-order valence-corrected chi connectivity index (χ4v) is 2.83. The van der Waals surface area contributed by atoms with E-state index in [1.165, 1.54) is 6.08 Å². The predicted octanol–water partition coefficient (Wildman–Crippen LogP) is 2.95. The Morgan fingerprint density at radius 3 is 3.08 bits per heavy atom. The average Bonchev–Trinajstić information content (AvgIpc) is 3.26. The molecule has 1 unspecified atom stereocenters. The van der Waals surface area contributed by atoms with Gasteiger partial charge in [-0.3, -0.25) is 9.20 Å². The van der Waals surface area contributed by atoms with Crippen molar-refractivity contribution >= 4 is 29.4 Å². The van der Waals surface area contributed by atoms with Crippen LogP contribution in [0.15, 0.2) is 53.3 Å². The number of rotatable bonds is 7. The standard InChI is InChI=1S/C17H18N4O2S/c1-24-12-9-14(17-20-19-15-6-2-3-10-21(15)17)18-16(22)8-7-13-5-4-11-23-13/h2-8,10-11,14H,9,12H2,1H3,(H,18,22)/b8-7-. The number of nitrogens with one attached hydrogen (secondary N) is 1. The minimum Gasteiger partial charge on any atom is -0.465 e. The second kappa shape index (κ2) is 7.83. The minimum absolute atomic E-state index is 0.190. The highest BCUT2D eigenvalue weighted by Gasteiger charge is 2.19. The van der Waals surface area contributed by atoms with Crippen molar-refractivity contribution in [3.63, 3.8) is 0 Å². The molecule has 1 N–H and O–H groups in total. The van der Waals surface area contributed by atoms with Gasteiger partial charge in [0.05, 0.1) is 12.3 Å². The summed E-state index contributed by atoms with van der Waals surface area (Å²) in [5, 5.41) is 11.4. The fraction of sp³-hybridized carbons (Fsp3) is 0.235. The highest BCUT2D eigenvalue weighted by atomic mass is 32.2. The summed E-state index contributed by atoms with van der Waals surface area (Å²) in [5.41, 5.74) is 0.766. The first-order valence-corrected chi connectivity index (χ1v) is 8.98. The number of furan rings is 1. The van der Waals surface area contributed by atoms with Gasteiger partial charge in [0, 0.05) is 12.3 Å². The second-order valence-electron chi connectivity index (χ2n) is 5.18. The molecule has 0 aliphatic carbocycles. The third-order valence-corrected chi connectivity index (χ3v) is 4.17. The zero-order valence-electron chi connectivity index (χ0n) is 13.3. The molecule has 0 saturated carbocycles. The van der Waals surface area contributed by atoms with Gasteiger partial charge in [0.2, 0.25) is 5.91 Å². The molecule has 0 spiro atoms. The van der Waals surface area contributed by atoms with Gasteiger partial charge in [-0.1, -0.05) is 6.07 Å². The largest absolute Gasteiger partial charge is 0.465 e. The van der Waals surface area contributed by atoms with Gasteiger partial charge in [-0.05, 0) is 48.8 Å². The van der Waals surface area contributed by atoms with Crippen molar-refractivity contribution in [3.05, 3.63) is 60.5 Å². The lowest BCUT2D eigenvalue weighted by atomic mass is 10.2. The lowest BCUT2D eigenvalue weighted by Crippen LogP contribution is -2.29. The fourth-order valence-electron chi connectivity index (χ4n) is 2.36. The van der Waals surface area contributed by atoms with E-state index in [0.717, 1.165) is 23.6 Å². The van der Waals surface area contributed by atoms with Crippen molar-refractivity contribution in [1.82, 2.24) is 19.9 Å². The van der Waals surface area contributed by atoms with E-state index < -0.39 is 0 Å². The van der Waals surface area contributed by atoms with E-state index in [0.29, 0.717) is 5.76 Å². The molecule has 124 valence electrons. The number of aromatic nitrogens is 3. The second-order valence-corrected chi connectivity index (χ2v) is 6.16. The molecule has 1 atom stereocenters. The lowest BCUT2D eigenvalue weighted by molar-refractivity contribution is -0.117. The molecule has 0 fully saturated rings. The van der Waals surface area contributed by atoms with Crippen LogP contribution >= 0.6 is 11.8 Å². The monoisotopic (exact) mass is 342 g/mol. The molecule has 0 bridgehead atoms. The van der Waals surface area contributed by atoms with Crippen molar-refractivity contribution in [1.29, 1.82) is 0 Å². The molecule has 0 aliphatic heterocycles. The smallest absolute Gasteiger partial charge is 0.244 e. The van der Waals surface area contributed by atoms with Crippen LogP contribution in [0.1, 0.15) is 24.0 Å². The molecule has 0 aliphatic rings. The summed E-state index contributed by atoms with van der Waals surface area (Å²) in [4.78, 5) is 12.2.